The van der Waals surface area contributed by atoms with Crippen molar-refractivity contribution in [2.45, 2.75) is 25.6 Å². The van der Waals surface area contributed by atoms with Crippen LogP contribution in [0.2, 0.25) is 0 Å². The van der Waals surface area contributed by atoms with Crippen LogP contribution in [0.5, 0.6) is 0 Å². The molecule has 0 heterocycles. The van der Waals surface area contributed by atoms with E-state index in [9.17, 15) is 18.0 Å². The van der Waals surface area contributed by atoms with Gasteiger partial charge in [-0.3, -0.25) is 4.79 Å². The van der Waals surface area contributed by atoms with Gasteiger partial charge in [0.1, 0.15) is 0 Å². The van der Waals surface area contributed by atoms with E-state index in [4.69, 9.17) is 5.11 Å². The first-order chi connectivity index (χ1) is 8.34. The summed E-state index contributed by atoms with van der Waals surface area (Å²) in [5, 5.41) is 9.08. The van der Waals surface area contributed by atoms with Gasteiger partial charge < -0.3 is 9.84 Å². The molecule has 0 saturated heterocycles. The quantitative estimate of drug-likeness (QED) is 0.847. The van der Waals surface area contributed by atoms with E-state index >= 15 is 0 Å². The van der Waals surface area contributed by atoms with Crippen molar-refractivity contribution in [3.05, 3.63) is 35.4 Å². The zero-order valence-electron chi connectivity index (χ0n) is 9.70. The highest BCUT2D eigenvalue weighted by Gasteiger charge is 2.39. The fourth-order valence-corrected chi connectivity index (χ4v) is 1.44. The molecule has 0 fully saturated rings. The zero-order valence-corrected chi connectivity index (χ0v) is 9.70. The first-order valence-electron chi connectivity index (χ1n) is 5.34. The number of ether oxygens (including phenoxy) is 1. The Hall–Kier alpha value is -1.56. The molecule has 1 aromatic carbocycles. The smallest absolute Gasteiger partial charge is 0.418 e. The normalized spacial score (nSPS) is 13.2. The molecule has 1 rings (SSSR count). The third-order valence-corrected chi connectivity index (χ3v) is 2.23. The molecular formula is C12H13F3O3. The second-order valence-electron chi connectivity index (χ2n) is 3.67. The molecule has 18 heavy (non-hydrogen) atoms. The van der Waals surface area contributed by atoms with Gasteiger partial charge in [0.05, 0.1) is 13.0 Å². The molecule has 0 bridgehead atoms. The molecule has 1 atom stereocenters. The Labute approximate surface area is 102 Å². The van der Waals surface area contributed by atoms with E-state index in [0.717, 1.165) is 12.1 Å². The summed E-state index contributed by atoms with van der Waals surface area (Å²) in [6, 6.07) is 5.17. The Bertz CT molecular complexity index is 415. The molecule has 0 saturated carbocycles. The number of aliphatic hydroxyl groups excluding tert-OH is 1. The van der Waals surface area contributed by atoms with Gasteiger partial charge in [0, 0.05) is 0 Å². The number of esters is 1. The van der Waals surface area contributed by atoms with Gasteiger partial charge in [0.2, 0.25) is 0 Å². The Morgan fingerprint density at radius 3 is 2.67 bits per heavy atom. The van der Waals surface area contributed by atoms with Crippen molar-refractivity contribution >= 4 is 5.97 Å². The molecule has 0 aromatic heterocycles. The number of halogens is 3. The fourth-order valence-electron chi connectivity index (χ4n) is 1.44. The number of carbonyl (C=O) groups is 1. The molecule has 0 aliphatic carbocycles. The van der Waals surface area contributed by atoms with Crippen LogP contribution in [0.4, 0.5) is 13.2 Å². The van der Waals surface area contributed by atoms with Crippen molar-refractivity contribution in [3.8, 4) is 0 Å². The lowest BCUT2D eigenvalue weighted by Gasteiger charge is -2.15. The number of hydrogen-bond acceptors (Lipinski definition) is 3. The van der Waals surface area contributed by atoms with Crippen LogP contribution < -0.4 is 0 Å². The molecule has 0 aliphatic heterocycles. The van der Waals surface area contributed by atoms with Crippen molar-refractivity contribution < 1.29 is 27.8 Å². The van der Waals surface area contributed by atoms with Crippen molar-refractivity contribution in [2.75, 3.05) is 6.61 Å². The minimum absolute atomic E-state index is 0.119. The minimum Gasteiger partial charge on any atom is -0.466 e. The lowest BCUT2D eigenvalue weighted by Crippen LogP contribution is -2.20. The van der Waals surface area contributed by atoms with Crippen LogP contribution in [0, 0.1) is 0 Å². The summed E-state index contributed by atoms with van der Waals surface area (Å²) in [6.07, 6.45) is -7.38. The standard InChI is InChI=1S/C12H13F3O3/c1-2-18-10(16)7-8-4-3-5-9(6-8)11(17)12(13,14)15/h3-6,11,17H,2,7H2,1H3. The largest absolute Gasteiger partial charge is 0.466 e. The van der Waals surface area contributed by atoms with Gasteiger partial charge in [0.15, 0.2) is 6.10 Å². The highest BCUT2D eigenvalue weighted by Crippen LogP contribution is 2.32. The Morgan fingerprint density at radius 2 is 2.11 bits per heavy atom. The van der Waals surface area contributed by atoms with Crippen LogP contribution in [0.15, 0.2) is 24.3 Å². The predicted octanol–water partition coefficient (Wildman–Crippen LogP) is 2.39. The fraction of sp³-hybridized carbons (Fsp3) is 0.417. The maximum absolute atomic E-state index is 12.3. The van der Waals surface area contributed by atoms with Gasteiger partial charge in [0.25, 0.3) is 0 Å². The number of carbonyl (C=O) groups excluding carboxylic acids is 1. The third-order valence-electron chi connectivity index (χ3n) is 2.23. The summed E-state index contributed by atoms with van der Waals surface area (Å²) >= 11 is 0. The van der Waals surface area contributed by atoms with Crippen molar-refractivity contribution in [3.63, 3.8) is 0 Å². The Balaban J connectivity index is 2.83. The third kappa shape index (κ3) is 4.03. The molecule has 100 valence electrons. The molecule has 0 amide bonds. The summed E-state index contributed by atoms with van der Waals surface area (Å²) in [7, 11) is 0. The summed E-state index contributed by atoms with van der Waals surface area (Å²) in [5.74, 6) is -0.517. The van der Waals surface area contributed by atoms with Crippen molar-refractivity contribution in [1.29, 1.82) is 0 Å². The number of rotatable bonds is 4. The summed E-state index contributed by atoms with van der Waals surface area (Å²) < 4.78 is 41.6. The lowest BCUT2D eigenvalue weighted by atomic mass is 10.0. The predicted molar refractivity (Wildman–Crippen MR) is 57.8 cm³/mol. The summed E-state index contributed by atoms with van der Waals surface area (Å²) in [6.45, 7) is 1.85. The van der Waals surface area contributed by atoms with Gasteiger partial charge in [-0.05, 0) is 18.1 Å². The molecule has 0 spiro atoms. The highest BCUT2D eigenvalue weighted by atomic mass is 19.4. The summed E-state index contributed by atoms with van der Waals surface area (Å²) in [5.41, 5.74) is 0.0820. The van der Waals surface area contributed by atoms with E-state index in [2.05, 4.69) is 4.74 Å². The maximum atomic E-state index is 12.3. The molecule has 1 unspecified atom stereocenters. The first kappa shape index (κ1) is 14.5. The van der Waals surface area contributed by atoms with Crippen LogP contribution in [-0.4, -0.2) is 23.9 Å². The number of aliphatic hydroxyl groups is 1. The van der Waals surface area contributed by atoms with E-state index in [1.807, 2.05) is 0 Å². The maximum Gasteiger partial charge on any atom is 0.418 e. The van der Waals surface area contributed by atoms with Crippen LogP contribution in [0.1, 0.15) is 24.2 Å². The summed E-state index contributed by atoms with van der Waals surface area (Å²) in [4.78, 5) is 11.2. The van der Waals surface area contributed by atoms with Crippen LogP contribution in [0.25, 0.3) is 0 Å². The molecule has 6 heteroatoms. The van der Waals surface area contributed by atoms with E-state index in [-0.39, 0.29) is 18.6 Å². The van der Waals surface area contributed by atoms with Gasteiger partial charge in [-0.15, -0.1) is 0 Å². The second kappa shape index (κ2) is 5.86. The van der Waals surface area contributed by atoms with Crippen LogP contribution in [-0.2, 0) is 16.0 Å². The Morgan fingerprint density at radius 1 is 1.44 bits per heavy atom. The second-order valence-corrected chi connectivity index (χ2v) is 3.67. The monoisotopic (exact) mass is 262 g/mol. The van der Waals surface area contributed by atoms with E-state index < -0.39 is 18.2 Å². The topological polar surface area (TPSA) is 46.5 Å². The van der Waals surface area contributed by atoms with E-state index in [0.29, 0.717) is 5.56 Å². The molecular weight excluding hydrogens is 249 g/mol. The molecule has 1 N–H and O–H groups in total. The van der Waals surface area contributed by atoms with Gasteiger partial charge in [-0.25, -0.2) is 0 Å². The van der Waals surface area contributed by atoms with E-state index in [1.165, 1.54) is 12.1 Å². The van der Waals surface area contributed by atoms with Gasteiger partial charge in [-0.1, -0.05) is 24.3 Å². The lowest BCUT2D eigenvalue weighted by molar-refractivity contribution is -0.206. The minimum atomic E-state index is -4.72. The molecule has 0 radical (unpaired) electrons. The van der Waals surface area contributed by atoms with Crippen molar-refractivity contribution in [2.24, 2.45) is 0 Å². The van der Waals surface area contributed by atoms with Crippen LogP contribution >= 0.6 is 0 Å². The van der Waals surface area contributed by atoms with Crippen LogP contribution in [0.3, 0.4) is 0 Å². The molecule has 0 aliphatic rings. The number of hydrogen-bond donors (Lipinski definition) is 1. The molecule has 1 aromatic rings. The SMILES string of the molecule is CCOC(=O)Cc1cccc(C(O)C(F)(F)F)c1. The number of benzene rings is 1. The van der Waals surface area contributed by atoms with Crippen molar-refractivity contribution in [1.82, 2.24) is 0 Å². The molecule has 3 nitrogen and oxygen atoms in total. The van der Waals surface area contributed by atoms with E-state index in [1.54, 1.807) is 6.92 Å². The Kier molecular flexibility index (Phi) is 4.72. The highest BCUT2D eigenvalue weighted by molar-refractivity contribution is 5.72. The van der Waals surface area contributed by atoms with Gasteiger partial charge in [-0.2, -0.15) is 13.2 Å². The average molecular weight is 262 g/mol. The number of alkyl halides is 3. The average Bonchev–Trinajstić information content (AvgIpc) is 2.27. The zero-order chi connectivity index (χ0) is 13.8. The van der Waals surface area contributed by atoms with Gasteiger partial charge >= 0.3 is 12.1 Å². The first-order valence-corrected chi connectivity index (χ1v) is 5.34.